The summed E-state index contributed by atoms with van der Waals surface area (Å²) in [6.07, 6.45) is 0. The molecule has 58 heavy (non-hydrogen) atoms. The molecule has 0 N–H and O–H groups in total. The fraction of sp³-hybridized carbons (Fsp3) is 0. The predicted molar refractivity (Wildman–Crippen MR) is 248 cm³/mol. The summed E-state index contributed by atoms with van der Waals surface area (Å²) in [4.78, 5) is 2.39. The van der Waals surface area contributed by atoms with Gasteiger partial charge in [-0.3, -0.25) is 0 Å². The van der Waals surface area contributed by atoms with Crippen LogP contribution < -0.4 is 4.90 Å². The van der Waals surface area contributed by atoms with Crippen LogP contribution in [0.5, 0.6) is 0 Å². The van der Waals surface area contributed by atoms with Gasteiger partial charge in [0.05, 0.1) is 22.1 Å². The van der Waals surface area contributed by atoms with E-state index in [1.165, 1.54) is 74.9 Å². The van der Waals surface area contributed by atoms with E-state index >= 15 is 0 Å². The van der Waals surface area contributed by atoms with Crippen LogP contribution in [0.25, 0.3) is 86.3 Å². The van der Waals surface area contributed by atoms with Gasteiger partial charge in [0.25, 0.3) is 0 Å². The van der Waals surface area contributed by atoms with Crippen LogP contribution in [0.15, 0.2) is 212 Å². The van der Waals surface area contributed by atoms with Crippen LogP contribution in [0.2, 0.25) is 0 Å². The van der Waals surface area contributed by atoms with Crippen molar-refractivity contribution >= 4 is 92.2 Å². The first-order valence-electron chi connectivity index (χ1n) is 19.8. The monoisotopic (exact) mass is 757 g/mol. The molecule has 3 nitrogen and oxygen atoms in total. The van der Waals surface area contributed by atoms with Crippen molar-refractivity contribution < 1.29 is 0 Å². The van der Waals surface area contributed by atoms with Crippen molar-refractivity contribution in [1.29, 1.82) is 0 Å². The summed E-state index contributed by atoms with van der Waals surface area (Å²) in [6, 6.07) is 77.4. The van der Waals surface area contributed by atoms with Crippen molar-refractivity contribution in [2.75, 3.05) is 4.90 Å². The largest absolute Gasteiger partial charge is 0.310 e. The lowest BCUT2D eigenvalue weighted by molar-refractivity contribution is 1.17. The second kappa shape index (κ2) is 13.1. The Balaban J connectivity index is 1.21. The number of benzene rings is 9. The minimum absolute atomic E-state index is 1.09. The molecular formula is C54H35N3S. The summed E-state index contributed by atoms with van der Waals surface area (Å²) in [5.74, 6) is 0. The van der Waals surface area contributed by atoms with Crippen molar-refractivity contribution in [3.05, 3.63) is 212 Å². The summed E-state index contributed by atoms with van der Waals surface area (Å²) in [7, 11) is 0. The standard InChI is InChI=1S/C54H35N3S/c1-4-17-37(18-5-1)55(38-19-6-2-7-20-38)40-33-36(42-26-16-27-46-44-24-12-15-30-51(44)58-54(42)46)34-41(35-40)56-49-29-14-11-25-47(49)52-50(56)32-31-45-43-23-10-13-28-48(43)57(53(45)52)39-21-8-3-9-22-39/h1-35H. The van der Waals surface area contributed by atoms with Gasteiger partial charge < -0.3 is 14.0 Å². The molecule has 3 heterocycles. The molecule has 12 aromatic rings. The lowest BCUT2D eigenvalue weighted by Gasteiger charge is -2.27. The van der Waals surface area contributed by atoms with Crippen molar-refractivity contribution in [2.24, 2.45) is 0 Å². The first-order chi connectivity index (χ1) is 28.8. The van der Waals surface area contributed by atoms with E-state index in [2.05, 4.69) is 226 Å². The van der Waals surface area contributed by atoms with E-state index in [4.69, 9.17) is 0 Å². The van der Waals surface area contributed by atoms with Crippen LogP contribution in [0.4, 0.5) is 17.1 Å². The maximum Gasteiger partial charge on any atom is 0.0641 e. The maximum absolute atomic E-state index is 2.49. The molecule has 0 unspecified atom stereocenters. The third kappa shape index (κ3) is 4.99. The van der Waals surface area contributed by atoms with Gasteiger partial charge in [0.2, 0.25) is 0 Å². The van der Waals surface area contributed by atoms with E-state index in [0.717, 1.165) is 28.4 Å². The number of para-hydroxylation sites is 5. The zero-order valence-corrected chi connectivity index (χ0v) is 32.3. The molecule has 0 saturated carbocycles. The van der Waals surface area contributed by atoms with Gasteiger partial charge in [0.15, 0.2) is 0 Å². The molecule has 0 spiro atoms. The molecule has 0 bridgehead atoms. The number of hydrogen-bond donors (Lipinski definition) is 0. The molecule has 272 valence electrons. The Morgan fingerprint density at radius 2 is 0.966 bits per heavy atom. The molecule has 9 aromatic carbocycles. The first-order valence-corrected chi connectivity index (χ1v) is 20.6. The van der Waals surface area contributed by atoms with Gasteiger partial charge in [0, 0.05) is 70.2 Å². The lowest BCUT2D eigenvalue weighted by Crippen LogP contribution is -2.10. The second-order valence-corrected chi connectivity index (χ2v) is 16.0. The van der Waals surface area contributed by atoms with E-state index in [1.807, 2.05) is 11.3 Å². The smallest absolute Gasteiger partial charge is 0.0641 e. The molecule has 0 radical (unpaired) electrons. The number of thiophene rings is 1. The molecule has 0 fully saturated rings. The van der Waals surface area contributed by atoms with Gasteiger partial charge in [-0.05, 0) is 90.0 Å². The Morgan fingerprint density at radius 3 is 1.71 bits per heavy atom. The van der Waals surface area contributed by atoms with Gasteiger partial charge >= 0.3 is 0 Å². The topological polar surface area (TPSA) is 13.1 Å². The average molecular weight is 758 g/mol. The minimum Gasteiger partial charge on any atom is -0.310 e. The Labute approximate surface area is 339 Å². The summed E-state index contributed by atoms with van der Waals surface area (Å²) in [5.41, 5.74) is 12.7. The van der Waals surface area contributed by atoms with E-state index in [0.29, 0.717) is 0 Å². The molecule has 3 aromatic heterocycles. The van der Waals surface area contributed by atoms with Crippen LogP contribution >= 0.6 is 11.3 Å². The molecule has 12 rings (SSSR count). The summed E-state index contributed by atoms with van der Waals surface area (Å²) in [6.45, 7) is 0. The molecule has 0 aliphatic heterocycles. The number of anilines is 3. The number of fused-ring (bicyclic) bond motifs is 10. The summed E-state index contributed by atoms with van der Waals surface area (Å²) in [5, 5.41) is 7.57. The number of aromatic nitrogens is 2. The quantitative estimate of drug-likeness (QED) is 0.165. The number of nitrogens with zero attached hydrogens (tertiary/aromatic N) is 3. The molecule has 0 amide bonds. The fourth-order valence-corrected chi connectivity index (χ4v) is 10.5. The van der Waals surface area contributed by atoms with Gasteiger partial charge in [-0.2, -0.15) is 0 Å². The first kappa shape index (κ1) is 32.8. The van der Waals surface area contributed by atoms with Crippen LogP contribution in [0, 0.1) is 0 Å². The minimum atomic E-state index is 1.09. The van der Waals surface area contributed by atoms with Crippen molar-refractivity contribution in [3.63, 3.8) is 0 Å². The molecule has 0 atom stereocenters. The zero-order valence-electron chi connectivity index (χ0n) is 31.5. The average Bonchev–Trinajstić information content (AvgIpc) is 3.95. The highest BCUT2D eigenvalue weighted by molar-refractivity contribution is 7.26. The third-order valence-electron chi connectivity index (χ3n) is 11.6. The van der Waals surface area contributed by atoms with Gasteiger partial charge in [-0.25, -0.2) is 0 Å². The van der Waals surface area contributed by atoms with Crippen LogP contribution in [0.1, 0.15) is 0 Å². The van der Waals surface area contributed by atoms with Crippen LogP contribution in [-0.2, 0) is 0 Å². The maximum atomic E-state index is 2.49. The Kier molecular flexibility index (Phi) is 7.40. The normalized spacial score (nSPS) is 11.8. The SMILES string of the molecule is c1ccc(N(c2ccccc2)c2cc(-c3cccc4c3sc3ccccc34)cc(-n3c4ccccc4c4c3ccc3c5ccccc5n(-c5ccccc5)c34)c2)cc1. The highest BCUT2D eigenvalue weighted by Gasteiger charge is 2.23. The second-order valence-electron chi connectivity index (χ2n) is 14.9. The van der Waals surface area contributed by atoms with E-state index in [1.54, 1.807) is 0 Å². The Morgan fingerprint density at radius 1 is 0.362 bits per heavy atom. The van der Waals surface area contributed by atoms with E-state index in [9.17, 15) is 0 Å². The van der Waals surface area contributed by atoms with Crippen molar-refractivity contribution in [2.45, 2.75) is 0 Å². The van der Waals surface area contributed by atoms with E-state index < -0.39 is 0 Å². The fourth-order valence-electron chi connectivity index (χ4n) is 9.22. The zero-order chi connectivity index (χ0) is 38.2. The van der Waals surface area contributed by atoms with Crippen LogP contribution in [0.3, 0.4) is 0 Å². The van der Waals surface area contributed by atoms with Gasteiger partial charge in [-0.1, -0.05) is 133 Å². The highest BCUT2D eigenvalue weighted by Crippen LogP contribution is 2.46. The van der Waals surface area contributed by atoms with E-state index in [-0.39, 0.29) is 0 Å². The van der Waals surface area contributed by atoms with Crippen molar-refractivity contribution in [3.8, 4) is 22.5 Å². The third-order valence-corrected chi connectivity index (χ3v) is 12.9. The number of hydrogen-bond acceptors (Lipinski definition) is 2. The summed E-state index contributed by atoms with van der Waals surface area (Å²) < 4.78 is 7.55. The molecular weight excluding hydrogens is 723 g/mol. The Hall–Kier alpha value is -7.40. The number of rotatable bonds is 6. The highest BCUT2D eigenvalue weighted by atomic mass is 32.1. The van der Waals surface area contributed by atoms with Crippen molar-refractivity contribution in [1.82, 2.24) is 9.13 Å². The Bertz CT molecular complexity index is 3460. The molecule has 0 aliphatic carbocycles. The van der Waals surface area contributed by atoms with Crippen LogP contribution in [-0.4, -0.2) is 9.13 Å². The molecule has 0 aliphatic rings. The molecule has 0 saturated heterocycles. The van der Waals surface area contributed by atoms with Gasteiger partial charge in [0.1, 0.15) is 0 Å². The summed E-state index contributed by atoms with van der Waals surface area (Å²) >= 11 is 1.88. The van der Waals surface area contributed by atoms with Gasteiger partial charge in [-0.15, -0.1) is 11.3 Å². The molecule has 4 heteroatoms. The lowest BCUT2D eigenvalue weighted by atomic mass is 10.0. The predicted octanol–water partition coefficient (Wildman–Crippen LogP) is 15.4.